The average molecular weight is 384 g/mol. The fraction of sp³-hybridized carbons (Fsp3) is 0.222. The highest BCUT2D eigenvalue weighted by Gasteiger charge is 2.39. The molecule has 0 spiro atoms. The zero-order valence-electron chi connectivity index (χ0n) is 14.4. The third-order valence-electron chi connectivity index (χ3n) is 4.85. The third kappa shape index (κ3) is 2.48. The molecule has 4 aromatic rings. The molecule has 10 heteroatoms. The molecule has 142 valence electrons. The van der Waals surface area contributed by atoms with Crippen LogP contribution in [-0.4, -0.2) is 41.9 Å². The number of amides is 1. The minimum Gasteiger partial charge on any atom is -0.438 e. The Hall–Kier alpha value is -3.56. The van der Waals surface area contributed by atoms with E-state index in [1.54, 1.807) is 17.0 Å². The molecule has 8 nitrogen and oxygen atoms in total. The highest BCUT2D eigenvalue weighted by molar-refractivity contribution is 5.93. The van der Waals surface area contributed by atoms with E-state index in [0.717, 1.165) is 17.6 Å². The van der Waals surface area contributed by atoms with E-state index in [2.05, 4.69) is 20.1 Å². The summed E-state index contributed by atoms with van der Waals surface area (Å²) in [5.41, 5.74) is 2.30. The maximum Gasteiger partial charge on any atom is 0.292 e. The number of nitrogens with zero attached hydrogens (tertiary/aromatic N) is 5. The normalized spacial score (nSPS) is 16.7. The number of alkyl halides is 2. The highest BCUT2D eigenvalue weighted by atomic mass is 19.3. The molecule has 5 rings (SSSR count). The monoisotopic (exact) mass is 384 g/mol. The van der Waals surface area contributed by atoms with Crippen molar-refractivity contribution in [1.29, 1.82) is 0 Å². The largest absolute Gasteiger partial charge is 0.438 e. The van der Waals surface area contributed by atoms with Gasteiger partial charge in [-0.1, -0.05) is 6.07 Å². The lowest BCUT2D eigenvalue weighted by Crippen LogP contribution is -2.41. The minimum absolute atomic E-state index is 0.302. The van der Waals surface area contributed by atoms with E-state index in [1.807, 2.05) is 24.3 Å². The van der Waals surface area contributed by atoms with Crippen LogP contribution in [0.25, 0.3) is 5.52 Å². The lowest BCUT2D eigenvalue weighted by Gasteiger charge is -2.33. The number of carbonyl (C=O) groups excluding carboxylic acids is 1. The standard InChI is InChI=1S/C18H14F2N6O2/c19-17(20)14-16(28-9-23-14)18(27)25-6-4-11-13(22-8-21-11)15(25)12-7-10-3-1-2-5-26(10)24-12/h1-3,5,7-9,15,17H,4,6H2,(H,21,22). The number of rotatable bonds is 3. The van der Waals surface area contributed by atoms with E-state index in [4.69, 9.17) is 4.42 Å². The first-order valence-electron chi connectivity index (χ1n) is 8.62. The second-order valence-corrected chi connectivity index (χ2v) is 6.42. The van der Waals surface area contributed by atoms with Crippen molar-refractivity contribution in [3.05, 3.63) is 71.7 Å². The molecule has 5 heterocycles. The van der Waals surface area contributed by atoms with Gasteiger partial charge in [-0.3, -0.25) is 4.79 Å². The van der Waals surface area contributed by atoms with E-state index >= 15 is 0 Å². The van der Waals surface area contributed by atoms with Crippen molar-refractivity contribution in [1.82, 2.24) is 29.5 Å². The Labute approximate surface area is 156 Å². The van der Waals surface area contributed by atoms with E-state index in [9.17, 15) is 13.6 Å². The lowest BCUT2D eigenvalue weighted by molar-refractivity contribution is 0.0639. The average Bonchev–Trinajstić information content (AvgIpc) is 3.44. The van der Waals surface area contributed by atoms with Crippen LogP contribution in [0.4, 0.5) is 8.78 Å². The van der Waals surface area contributed by atoms with Gasteiger partial charge < -0.3 is 14.3 Å². The maximum atomic E-state index is 13.2. The van der Waals surface area contributed by atoms with Crippen LogP contribution in [0.3, 0.4) is 0 Å². The summed E-state index contributed by atoms with van der Waals surface area (Å²) in [4.78, 5) is 25.5. The number of carbonyl (C=O) groups is 1. The number of hydrogen-bond acceptors (Lipinski definition) is 5. The number of oxazole rings is 1. The Balaban J connectivity index is 1.62. The van der Waals surface area contributed by atoms with Crippen LogP contribution in [0.1, 0.15) is 45.8 Å². The van der Waals surface area contributed by atoms with Crippen LogP contribution in [0.5, 0.6) is 0 Å². The lowest BCUT2D eigenvalue weighted by atomic mass is 9.99. The molecule has 0 saturated carbocycles. The smallest absolute Gasteiger partial charge is 0.292 e. The van der Waals surface area contributed by atoms with Crippen LogP contribution < -0.4 is 0 Å². The Morgan fingerprint density at radius 1 is 1.32 bits per heavy atom. The number of halogens is 2. The molecule has 4 aromatic heterocycles. The molecule has 1 atom stereocenters. The van der Waals surface area contributed by atoms with Gasteiger partial charge in [0, 0.05) is 24.9 Å². The molecule has 0 bridgehead atoms. The topological polar surface area (TPSA) is 92.3 Å². The maximum absolute atomic E-state index is 13.2. The molecule has 0 fully saturated rings. The van der Waals surface area contributed by atoms with Gasteiger partial charge in [0.25, 0.3) is 12.3 Å². The fourth-order valence-corrected chi connectivity index (χ4v) is 3.59. The summed E-state index contributed by atoms with van der Waals surface area (Å²) in [5, 5.41) is 4.56. The number of aromatic amines is 1. The van der Waals surface area contributed by atoms with Crippen molar-refractivity contribution in [3.63, 3.8) is 0 Å². The minimum atomic E-state index is -2.91. The van der Waals surface area contributed by atoms with Crippen LogP contribution >= 0.6 is 0 Å². The van der Waals surface area contributed by atoms with E-state index in [-0.39, 0.29) is 0 Å². The molecule has 1 amide bonds. The molecule has 0 aliphatic carbocycles. The van der Waals surface area contributed by atoms with E-state index in [0.29, 0.717) is 24.4 Å². The van der Waals surface area contributed by atoms with Gasteiger partial charge >= 0.3 is 0 Å². The quantitative estimate of drug-likeness (QED) is 0.586. The second kappa shape index (κ2) is 6.25. The summed E-state index contributed by atoms with van der Waals surface area (Å²) >= 11 is 0. The number of nitrogens with one attached hydrogen (secondary N) is 1. The van der Waals surface area contributed by atoms with Gasteiger partial charge in [0.05, 0.1) is 23.2 Å². The van der Waals surface area contributed by atoms with E-state index in [1.165, 1.54) is 4.90 Å². The van der Waals surface area contributed by atoms with Gasteiger partial charge in [-0.2, -0.15) is 5.10 Å². The molecule has 0 aromatic carbocycles. The van der Waals surface area contributed by atoms with Gasteiger partial charge in [0.2, 0.25) is 5.76 Å². The predicted octanol–water partition coefficient (Wildman–Crippen LogP) is 2.77. The molecule has 0 saturated heterocycles. The Kier molecular flexibility index (Phi) is 3.71. The van der Waals surface area contributed by atoms with Crippen LogP contribution in [0.15, 0.2) is 47.6 Å². The third-order valence-corrected chi connectivity index (χ3v) is 4.85. The fourth-order valence-electron chi connectivity index (χ4n) is 3.59. The van der Waals surface area contributed by atoms with Crippen molar-refractivity contribution in [2.45, 2.75) is 18.9 Å². The molecule has 1 N–H and O–H groups in total. The first kappa shape index (κ1) is 16.6. The highest BCUT2D eigenvalue weighted by Crippen LogP contribution is 2.35. The number of imidazole rings is 1. The molecule has 1 aliphatic heterocycles. The molecular weight excluding hydrogens is 370 g/mol. The SMILES string of the molecule is O=C(c1ocnc1C(F)F)N1CCc2[nH]cnc2C1c1cc2ccccn2n1. The summed E-state index contributed by atoms with van der Waals surface area (Å²) < 4.78 is 33.1. The van der Waals surface area contributed by atoms with Gasteiger partial charge in [0.15, 0.2) is 12.1 Å². The Bertz CT molecular complexity index is 1130. The number of hydrogen-bond donors (Lipinski definition) is 1. The van der Waals surface area contributed by atoms with Crippen LogP contribution in [0.2, 0.25) is 0 Å². The van der Waals surface area contributed by atoms with Gasteiger partial charge in [-0.05, 0) is 18.2 Å². The molecule has 1 unspecified atom stereocenters. The van der Waals surface area contributed by atoms with Gasteiger partial charge in [-0.15, -0.1) is 0 Å². The molecule has 28 heavy (non-hydrogen) atoms. The summed E-state index contributed by atoms with van der Waals surface area (Å²) in [5.74, 6) is -1.12. The first-order chi connectivity index (χ1) is 13.6. The summed E-state index contributed by atoms with van der Waals surface area (Å²) in [7, 11) is 0. The number of fused-ring (bicyclic) bond motifs is 2. The number of H-pyrrole nitrogens is 1. The van der Waals surface area contributed by atoms with E-state index < -0.39 is 29.8 Å². The zero-order valence-corrected chi connectivity index (χ0v) is 14.4. The Morgan fingerprint density at radius 3 is 3.04 bits per heavy atom. The van der Waals surface area contributed by atoms with Crippen molar-refractivity contribution >= 4 is 11.4 Å². The van der Waals surface area contributed by atoms with Crippen molar-refractivity contribution < 1.29 is 18.0 Å². The van der Waals surface area contributed by atoms with Gasteiger partial charge in [-0.25, -0.2) is 23.3 Å². The Morgan fingerprint density at radius 2 is 2.21 bits per heavy atom. The molecule has 0 radical (unpaired) electrons. The first-order valence-corrected chi connectivity index (χ1v) is 8.62. The second-order valence-electron chi connectivity index (χ2n) is 6.42. The summed E-state index contributed by atoms with van der Waals surface area (Å²) in [6.45, 7) is 0.302. The van der Waals surface area contributed by atoms with Crippen LogP contribution in [-0.2, 0) is 6.42 Å². The molecular formula is C18H14F2N6O2. The van der Waals surface area contributed by atoms with Gasteiger partial charge in [0.1, 0.15) is 6.04 Å². The van der Waals surface area contributed by atoms with Crippen molar-refractivity contribution in [2.75, 3.05) is 6.54 Å². The summed E-state index contributed by atoms with van der Waals surface area (Å²) in [6, 6.07) is 6.84. The summed E-state index contributed by atoms with van der Waals surface area (Å²) in [6.07, 6.45) is 1.82. The number of pyridine rings is 1. The number of aromatic nitrogens is 5. The van der Waals surface area contributed by atoms with Crippen LogP contribution in [0, 0.1) is 0 Å². The molecule has 1 aliphatic rings. The predicted molar refractivity (Wildman–Crippen MR) is 91.8 cm³/mol. The zero-order chi connectivity index (χ0) is 19.3. The van der Waals surface area contributed by atoms with Crippen molar-refractivity contribution in [3.8, 4) is 0 Å². The van der Waals surface area contributed by atoms with Crippen molar-refractivity contribution in [2.24, 2.45) is 0 Å².